The summed E-state index contributed by atoms with van der Waals surface area (Å²) < 4.78 is 11.9. The van der Waals surface area contributed by atoms with E-state index in [4.69, 9.17) is 9.47 Å². The van der Waals surface area contributed by atoms with Gasteiger partial charge in [0.2, 0.25) is 0 Å². The molecule has 1 aliphatic heterocycles. The molecule has 0 unspecified atom stereocenters. The summed E-state index contributed by atoms with van der Waals surface area (Å²) in [6.45, 7) is 7.15. The Morgan fingerprint density at radius 1 is 1.24 bits per heavy atom. The maximum Gasteiger partial charge on any atom is 0.274 e. The van der Waals surface area contributed by atoms with Crippen LogP contribution in [0.4, 0.5) is 0 Å². The minimum Gasteiger partial charge on any atom is -0.491 e. The van der Waals surface area contributed by atoms with Crippen molar-refractivity contribution in [2.45, 2.75) is 32.5 Å². The second-order valence-corrected chi connectivity index (χ2v) is 6.87. The Balaban J connectivity index is 1.68. The van der Waals surface area contributed by atoms with Gasteiger partial charge in [-0.3, -0.25) is 4.79 Å². The molecule has 0 N–H and O–H groups in total. The maximum absolute atomic E-state index is 12.7. The van der Waals surface area contributed by atoms with Crippen LogP contribution in [-0.4, -0.2) is 52.4 Å². The summed E-state index contributed by atoms with van der Waals surface area (Å²) in [5.74, 6) is 0.658. The van der Waals surface area contributed by atoms with Gasteiger partial charge in [-0.05, 0) is 45.0 Å². The summed E-state index contributed by atoms with van der Waals surface area (Å²) >= 11 is 0. The molecule has 1 aliphatic rings. The third kappa shape index (κ3) is 4.54. The topological polar surface area (TPSA) is 64.6 Å². The molecule has 1 saturated heterocycles. The normalized spacial score (nSPS) is 19.5. The lowest BCUT2D eigenvalue weighted by Crippen LogP contribution is -2.56. The zero-order chi connectivity index (χ0) is 17.9. The number of hydrogen-bond donors (Lipinski definition) is 0. The molecule has 0 spiro atoms. The first-order valence-corrected chi connectivity index (χ1v) is 8.38. The van der Waals surface area contributed by atoms with Crippen LogP contribution in [0.25, 0.3) is 0 Å². The number of nitrogens with zero attached hydrogens (tertiary/aromatic N) is 3. The monoisotopic (exact) mass is 341 g/mol. The number of carbonyl (C=O) groups is 1. The van der Waals surface area contributed by atoms with Crippen LogP contribution in [0.5, 0.6) is 5.75 Å². The van der Waals surface area contributed by atoms with Crippen LogP contribution in [0, 0.1) is 6.92 Å². The number of morpholine rings is 1. The van der Waals surface area contributed by atoms with Gasteiger partial charge in [-0.2, -0.15) is 5.10 Å². The fourth-order valence-electron chi connectivity index (χ4n) is 2.92. The standard InChI is InChI=1S/C19H23N3O3/c1-14-9-10-17(21-20-14)18(23)22-11-16(25-19(2,3)13-22)12-24-15-7-5-4-6-8-15/h4-10,16H,11-13H2,1-3H3/t16-/m0/s1. The highest BCUT2D eigenvalue weighted by Gasteiger charge is 2.36. The average Bonchev–Trinajstić information content (AvgIpc) is 2.59. The highest BCUT2D eigenvalue weighted by atomic mass is 16.5. The summed E-state index contributed by atoms with van der Waals surface area (Å²) in [7, 11) is 0. The second-order valence-electron chi connectivity index (χ2n) is 6.87. The quantitative estimate of drug-likeness (QED) is 0.855. The van der Waals surface area contributed by atoms with Crippen LogP contribution in [0.15, 0.2) is 42.5 Å². The van der Waals surface area contributed by atoms with E-state index in [0.717, 1.165) is 11.4 Å². The molecule has 1 aromatic heterocycles. The van der Waals surface area contributed by atoms with Crippen molar-refractivity contribution >= 4 is 5.91 Å². The number of hydrogen-bond acceptors (Lipinski definition) is 5. The zero-order valence-corrected chi connectivity index (χ0v) is 14.8. The van der Waals surface area contributed by atoms with E-state index in [0.29, 0.717) is 25.4 Å². The molecule has 0 saturated carbocycles. The molecule has 132 valence electrons. The van der Waals surface area contributed by atoms with E-state index >= 15 is 0 Å². The van der Waals surface area contributed by atoms with Crippen LogP contribution in [0.3, 0.4) is 0 Å². The van der Waals surface area contributed by atoms with Gasteiger partial charge in [-0.1, -0.05) is 18.2 Å². The SMILES string of the molecule is Cc1ccc(C(=O)N2C[C@@H](COc3ccccc3)OC(C)(C)C2)nn1. The highest BCUT2D eigenvalue weighted by Crippen LogP contribution is 2.23. The fraction of sp³-hybridized carbons (Fsp3) is 0.421. The minimum atomic E-state index is -0.448. The summed E-state index contributed by atoms with van der Waals surface area (Å²) in [6, 6.07) is 13.1. The smallest absolute Gasteiger partial charge is 0.274 e. The lowest BCUT2D eigenvalue weighted by Gasteiger charge is -2.42. The number of amides is 1. The summed E-state index contributed by atoms with van der Waals surface area (Å²) in [5.41, 5.74) is 0.690. The number of aryl methyl sites for hydroxylation is 1. The van der Waals surface area contributed by atoms with Crippen LogP contribution < -0.4 is 4.74 Å². The van der Waals surface area contributed by atoms with Gasteiger partial charge in [0.05, 0.1) is 17.8 Å². The van der Waals surface area contributed by atoms with Crippen molar-refractivity contribution in [1.29, 1.82) is 0 Å². The van der Waals surface area contributed by atoms with Gasteiger partial charge in [0.15, 0.2) is 5.69 Å². The third-order valence-electron chi connectivity index (χ3n) is 3.96. The Hall–Kier alpha value is -2.47. The van der Waals surface area contributed by atoms with Crippen LogP contribution >= 0.6 is 0 Å². The van der Waals surface area contributed by atoms with Crippen LogP contribution in [0.2, 0.25) is 0 Å². The molecule has 3 rings (SSSR count). The van der Waals surface area contributed by atoms with Crippen molar-refractivity contribution in [3.8, 4) is 5.75 Å². The van der Waals surface area contributed by atoms with E-state index < -0.39 is 5.60 Å². The molecule has 1 amide bonds. The van der Waals surface area contributed by atoms with Crippen molar-refractivity contribution in [2.24, 2.45) is 0 Å². The first-order valence-electron chi connectivity index (χ1n) is 8.38. The van der Waals surface area contributed by atoms with Gasteiger partial charge in [0.1, 0.15) is 18.5 Å². The van der Waals surface area contributed by atoms with E-state index in [-0.39, 0.29) is 12.0 Å². The van der Waals surface area contributed by atoms with Crippen LogP contribution in [-0.2, 0) is 4.74 Å². The van der Waals surface area contributed by atoms with Crippen molar-refractivity contribution in [3.05, 3.63) is 53.9 Å². The molecule has 6 nitrogen and oxygen atoms in total. The van der Waals surface area contributed by atoms with E-state index in [2.05, 4.69) is 10.2 Å². The van der Waals surface area contributed by atoms with Gasteiger partial charge in [0.25, 0.3) is 5.91 Å². The van der Waals surface area contributed by atoms with Crippen molar-refractivity contribution < 1.29 is 14.3 Å². The summed E-state index contributed by atoms with van der Waals surface area (Å²) in [5, 5.41) is 7.98. The number of aromatic nitrogens is 2. The molecule has 6 heteroatoms. The van der Waals surface area contributed by atoms with Gasteiger partial charge < -0.3 is 14.4 Å². The first kappa shape index (κ1) is 17.4. The van der Waals surface area contributed by atoms with E-state index in [1.807, 2.05) is 51.1 Å². The Kier molecular flexibility index (Phi) is 4.99. The van der Waals surface area contributed by atoms with E-state index in [1.54, 1.807) is 17.0 Å². The Morgan fingerprint density at radius 3 is 2.68 bits per heavy atom. The summed E-state index contributed by atoms with van der Waals surface area (Å²) in [6.07, 6.45) is -0.202. The Bertz CT molecular complexity index is 716. The first-order chi connectivity index (χ1) is 11.9. The molecular weight excluding hydrogens is 318 g/mol. The van der Waals surface area contributed by atoms with Gasteiger partial charge in [0, 0.05) is 6.54 Å². The maximum atomic E-state index is 12.7. The van der Waals surface area contributed by atoms with Crippen molar-refractivity contribution in [3.63, 3.8) is 0 Å². The number of ether oxygens (including phenoxy) is 2. The molecule has 0 radical (unpaired) electrons. The fourth-order valence-corrected chi connectivity index (χ4v) is 2.92. The number of rotatable bonds is 4. The van der Waals surface area contributed by atoms with Crippen molar-refractivity contribution in [2.75, 3.05) is 19.7 Å². The molecule has 1 fully saturated rings. The minimum absolute atomic E-state index is 0.131. The molecule has 0 bridgehead atoms. The average molecular weight is 341 g/mol. The molecule has 0 aliphatic carbocycles. The zero-order valence-electron chi connectivity index (χ0n) is 14.8. The predicted molar refractivity (Wildman–Crippen MR) is 93.6 cm³/mol. The molecule has 2 aromatic rings. The molecule has 1 atom stereocenters. The lowest BCUT2D eigenvalue weighted by molar-refractivity contribution is -0.136. The van der Waals surface area contributed by atoms with E-state index in [1.165, 1.54) is 0 Å². The highest BCUT2D eigenvalue weighted by molar-refractivity contribution is 5.92. The molecular formula is C19H23N3O3. The lowest BCUT2D eigenvalue weighted by atomic mass is 10.0. The largest absolute Gasteiger partial charge is 0.491 e. The molecule has 2 heterocycles. The second kappa shape index (κ2) is 7.19. The summed E-state index contributed by atoms with van der Waals surface area (Å²) in [4.78, 5) is 14.5. The number of carbonyl (C=O) groups excluding carboxylic acids is 1. The Morgan fingerprint density at radius 2 is 2.00 bits per heavy atom. The Labute approximate surface area is 147 Å². The van der Waals surface area contributed by atoms with Gasteiger partial charge in [-0.15, -0.1) is 5.10 Å². The van der Waals surface area contributed by atoms with Crippen LogP contribution in [0.1, 0.15) is 30.0 Å². The number of benzene rings is 1. The molecule has 25 heavy (non-hydrogen) atoms. The van der Waals surface area contributed by atoms with Gasteiger partial charge in [-0.25, -0.2) is 0 Å². The van der Waals surface area contributed by atoms with Gasteiger partial charge >= 0.3 is 0 Å². The number of para-hydroxylation sites is 1. The molecule has 1 aromatic carbocycles. The third-order valence-corrected chi connectivity index (χ3v) is 3.96. The predicted octanol–water partition coefficient (Wildman–Crippen LogP) is 2.48. The van der Waals surface area contributed by atoms with E-state index in [9.17, 15) is 4.79 Å². The van der Waals surface area contributed by atoms with Crippen molar-refractivity contribution in [1.82, 2.24) is 15.1 Å².